The molecule has 2 atom stereocenters. The van der Waals surface area contributed by atoms with Gasteiger partial charge < -0.3 is 19.7 Å². The van der Waals surface area contributed by atoms with Gasteiger partial charge in [0.15, 0.2) is 23.2 Å². The van der Waals surface area contributed by atoms with E-state index >= 15 is 0 Å². The zero-order valence-corrected chi connectivity index (χ0v) is 19.2. The number of nitrogens with one attached hydrogen (secondary N) is 1. The number of carbonyl (C=O) groups is 1. The highest BCUT2D eigenvalue weighted by Gasteiger charge is 2.25. The number of morpholine rings is 1. The molecule has 1 N–H and O–H groups in total. The van der Waals surface area contributed by atoms with Gasteiger partial charge in [-0.05, 0) is 37.6 Å². The van der Waals surface area contributed by atoms with Crippen LogP contribution in [-0.4, -0.2) is 57.9 Å². The smallest absolute Gasteiger partial charge is 0.387 e. The first kappa shape index (κ1) is 24.3. The summed E-state index contributed by atoms with van der Waals surface area (Å²) in [7, 11) is 0. The molecule has 0 saturated carbocycles. The molecule has 1 aliphatic heterocycles. The molecule has 0 amide bonds. The number of halogens is 3. The van der Waals surface area contributed by atoms with Gasteiger partial charge in [-0.2, -0.15) is 13.8 Å². The summed E-state index contributed by atoms with van der Waals surface area (Å²) in [5.74, 6) is -0.730. The van der Waals surface area contributed by atoms with Crippen molar-refractivity contribution in [2.45, 2.75) is 39.6 Å². The SMILES string of the molecule is CC(=O)c1nnc(Nc2nc(N3C[C@@H](C)O[C@@H](C)C3)ncc2F)cc1-c1ccc(OC(F)F)cc1. The lowest BCUT2D eigenvalue weighted by molar-refractivity contribution is -0.0498. The van der Waals surface area contributed by atoms with E-state index in [1.54, 1.807) is 0 Å². The predicted octanol–water partition coefficient (Wildman–Crippen LogP) is 4.23. The molecular formula is C23H23F3N6O3. The van der Waals surface area contributed by atoms with Crippen molar-refractivity contribution < 1.29 is 27.4 Å². The van der Waals surface area contributed by atoms with Gasteiger partial charge in [0.05, 0.1) is 18.4 Å². The normalized spacial score (nSPS) is 18.0. The van der Waals surface area contributed by atoms with Crippen LogP contribution in [-0.2, 0) is 4.74 Å². The van der Waals surface area contributed by atoms with Gasteiger partial charge in [0.25, 0.3) is 0 Å². The molecule has 35 heavy (non-hydrogen) atoms. The Kier molecular flexibility index (Phi) is 7.10. The summed E-state index contributed by atoms with van der Waals surface area (Å²) in [5.41, 5.74) is 0.956. The second-order valence-corrected chi connectivity index (χ2v) is 8.10. The molecule has 1 aliphatic rings. The predicted molar refractivity (Wildman–Crippen MR) is 122 cm³/mol. The van der Waals surface area contributed by atoms with E-state index in [0.717, 1.165) is 6.20 Å². The van der Waals surface area contributed by atoms with Gasteiger partial charge >= 0.3 is 6.61 Å². The van der Waals surface area contributed by atoms with Crippen LogP contribution in [0.3, 0.4) is 0 Å². The quantitative estimate of drug-likeness (QED) is 0.490. The van der Waals surface area contributed by atoms with Crippen LogP contribution in [0.25, 0.3) is 11.1 Å². The lowest BCUT2D eigenvalue weighted by atomic mass is 10.0. The number of aromatic nitrogens is 4. The third-order valence-electron chi connectivity index (χ3n) is 5.20. The van der Waals surface area contributed by atoms with E-state index in [1.165, 1.54) is 37.3 Å². The summed E-state index contributed by atoms with van der Waals surface area (Å²) < 4.78 is 49.5. The van der Waals surface area contributed by atoms with Gasteiger partial charge in [0.2, 0.25) is 5.95 Å². The van der Waals surface area contributed by atoms with Gasteiger partial charge in [0.1, 0.15) is 11.4 Å². The standard InChI is InChI=1S/C23H23F3N6O3/c1-12-10-32(11-13(2)34-12)23-27-9-18(24)21(29-23)28-19-8-17(20(14(3)33)31-30-19)15-4-6-16(7-5-15)35-22(25)26/h4-9,12-13,22H,10-11H2,1-3H3,(H,27,28,29,30)/t12-,13+. The number of benzene rings is 1. The summed E-state index contributed by atoms with van der Waals surface area (Å²) in [4.78, 5) is 22.4. The van der Waals surface area contributed by atoms with Crippen molar-refractivity contribution in [1.82, 2.24) is 20.2 Å². The van der Waals surface area contributed by atoms with Gasteiger partial charge in [-0.25, -0.2) is 9.37 Å². The van der Waals surface area contributed by atoms with Gasteiger partial charge in [-0.3, -0.25) is 4.79 Å². The highest BCUT2D eigenvalue weighted by Crippen LogP contribution is 2.29. The lowest BCUT2D eigenvalue weighted by Gasteiger charge is -2.35. The van der Waals surface area contributed by atoms with Gasteiger partial charge in [-0.1, -0.05) is 12.1 Å². The number of hydrogen-bond donors (Lipinski definition) is 1. The van der Waals surface area contributed by atoms with E-state index in [9.17, 15) is 18.0 Å². The van der Waals surface area contributed by atoms with Gasteiger partial charge in [0, 0.05) is 25.6 Å². The zero-order chi connectivity index (χ0) is 25.1. The fourth-order valence-electron chi connectivity index (χ4n) is 3.81. The number of nitrogens with zero attached hydrogens (tertiary/aromatic N) is 5. The zero-order valence-electron chi connectivity index (χ0n) is 19.2. The number of ketones is 1. The molecule has 0 unspecified atom stereocenters. The topological polar surface area (TPSA) is 102 Å². The molecule has 1 saturated heterocycles. The minimum Gasteiger partial charge on any atom is -0.435 e. The van der Waals surface area contributed by atoms with E-state index in [2.05, 4.69) is 30.2 Å². The fraction of sp³-hybridized carbons (Fsp3) is 0.348. The van der Waals surface area contributed by atoms with Crippen molar-refractivity contribution in [2.24, 2.45) is 0 Å². The van der Waals surface area contributed by atoms with E-state index in [-0.39, 0.29) is 41.1 Å². The van der Waals surface area contributed by atoms with Crippen molar-refractivity contribution >= 4 is 23.4 Å². The molecule has 3 heterocycles. The van der Waals surface area contributed by atoms with E-state index < -0.39 is 12.4 Å². The van der Waals surface area contributed by atoms with Crippen molar-refractivity contribution in [3.63, 3.8) is 0 Å². The molecule has 2 aromatic heterocycles. The van der Waals surface area contributed by atoms with Crippen LogP contribution in [0.2, 0.25) is 0 Å². The van der Waals surface area contributed by atoms with Crippen LogP contribution in [0.5, 0.6) is 5.75 Å². The maximum absolute atomic E-state index is 14.5. The second-order valence-electron chi connectivity index (χ2n) is 8.10. The van der Waals surface area contributed by atoms with E-state index in [1.807, 2.05) is 18.7 Å². The summed E-state index contributed by atoms with van der Waals surface area (Å²) in [6.45, 7) is 3.35. The summed E-state index contributed by atoms with van der Waals surface area (Å²) in [6.07, 6.45) is 0.998. The Hall–Kier alpha value is -3.80. The molecule has 9 nitrogen and oxygen atoms in total. The van der Waals surface area contributed by atoms with Crippen LogP contribution in [0.15, 0.2) is 36.5 Å². The Morgan fingerprint density at radius 1 is 1.17 bits per heavy atom. The van der Waals surface area contributed by atoms with Crippen molar-refractivity contribution in [2.75, 3.05) is 23.3 Å². The molecule has 12 heteroatoms. The molecule has 4 rings (SSSR count). The molecule has 0 bridgehead atoms. The molecule has 1 aromatic carbocycles. The molecule has 184 valence electrons. The molecular weight excluding hydrogens is 465 g/mol. The number of carbonyl (C=O) groups excluding carboxylic acids is 1. The third-order valence-corrected chi connectivity index (χ3v) is 5.20. The number of hydrogen-bond acceptors (Lipinski definition) is 9. The third kappa shape index (κ3) is 5.83. The van der Waals surface area contributed by atoms with Crippen LogP contribution in [0.4, 0.5) is 30.8 Å². The Labute approximate surface area is 199 Å². The Bertz CT molecular complexity index is 1200. The van der Waals surface area contributed by atoms with E-state index in [0.29, 0.717) is 30.2 Å². The first-order valence-corrected chi connectivity index (χ1v) is 10.8. The summed E-state index contributed by atoms with van der Waals surface area (Å²) in [6, 6.07) is 7.22. The number of ether oxygens (including phenoxy) is 2. The average molecular weight is 488 g/mol. The fourth-order valence-corrected chi connectivity index (χ4v) is 3.81. The van der Waals surface area contributed by atoms with Crippen LogP contribution < -0.4 is 15.0 Å². The van der Waals surface area contributed by atoms with E-state index in [4.69, 9.17) is 4.74 Å². The average Bonchev–Trinajstić information content (AvgIpc) is 2.80. The summed E-state index contributed by atoms with van der Waals surface area (Å²) in [5, 5.41) is 10.8. The van der Waals surface area contributed by atoms with Gasteiger partial charge in [-0.15, -0.1) is 10.2 Å². The minimum atomic E-state index is -2.96. The lowest BCUT2D eigenvalue weighted by Crippen LogP contribution is -2.46. The minimum absolute atomic E-state index is 0.0316. The first-order valence-electron chi connectivity index (χ1n) is 10.8. The molecule has 0 spiro atoms. The number of Topliss-reactive ketones (excluding diaryl/α,β-unsaturated/α-hetero) is 1. The maximum atomic E-state index is 14.5. The maximum Gasteiger partial charge on any atom is 0.387 e. The molecule has 0 radical (unpaired) electrons. The number of rotatable bonds is 7. The Morgan fingerprint density at radius 2 is 1.86 bits per heavy atom. The second kappa shape index (κ2) is 10.2. The highest BCUT2D eigenvalue weighted by molar-refractivity contribution is 5.99. The number of anilines is 3. The molecule has 1 fully saturated rings. The summed E-state index contributed by atoms with van der Waals surface area (Å²) >= 11 is 0. The number of alkyl halides is 2. The van der Waals surface area contributed by atoms with Crippen molar-refractivity contribution in [1.29, 1.82) is 0 Å². The monoisotopic (exact) mass is 488 g/mol. The Morgan fingerprint density at radius 3 is 2.49 bits per heavy atom. The highest BCUT2D eigenvalue weighted by atomic mass is 19.3. The van der Waals surface area contributed by atoms with Crippen LogP contribution in [0.1, 0.15) is 31.3 Å². The first-order chi connectivity index (χ1) is 16.7. The van der Waals surface area contributed by atoms with Crippen LogP contribution in [0, 0.1) is 5.82 Å². The Balaban J connectivity index is 1.63. The largest absolute Gasteiger partial charge is 0.435 e. The molecule has 3 aromatic rings. The van der Waals surface area contributed by atoms with Crippen molar-refractivity contribution in [3.05, 3.63) is 48.0 Å². The van der Waals surface area contributed by atoms with Crippen molar-refractivity contribution in [3.8, 4) is 16.9 Å². The van der Waals surface area contributed by atoms with Crippen LogP contribution >= 0.6 is 0 Å². The molecule has 0 aliphatic carbocycles.